The van der Waals surface area contributed by atoms with Crippen LogP contribution in [-0.2, 0) is 12.8 Å². The van der Waals surface area contributed by atoms with E-state index >= 15 is 0 Å². The number of fused-ring (bicyclic) bond motifs is 1. The zero-order valence-corrected chi connectivity index (χ0v) is 10.4. The van der Waals surface area contributed by atoms with Crippen LogP contribution in [-0.4, -0.2) is 9.97 Å². The van der Waals surface area contributed by atoms with Gasteiger partial charge in [0.15, 0.2) is 5.82 Å². The van der Waals surface area contributed by atoms with Crippen molar-refractivity contribution in [1.29, 1.82) is 5.26 Å². The highest BCUT2D eigenvalue weighted by Gasteiger charge is 2.19. The van der Waals surface area contributed by atoms with E-state index < -0.39 is 0 Å². The number of halogens is 1. The summed E-state index contributed by atoms with van der Waals surface area (Å²) >= 11 is 5.97. The smallest absolute Gasteiger partial charge is 0.160 e. The Morgan fingerprint density at radius 1 is 1.22 bits per heavy atom. The Morgan fingerprint density at radius 2 is 2.11 bits per heavy atom. The molecule has 88 valence electrons. The molecule has 0 amide bonds. The maximum atomic E-state index is 9.16. The Hall–Kier alpha value is -1.92. The first-order chi connectivity index (χ1) is 8.78. The zero-order valence-electron chi connectivity index (χ0n) is 9.65. The third-order valence-corrected chi connectivity index (χ3v) is 3.36. The van der Waals surface area contributed by atoms with Gasteiger partial charge in [0.2, 0.25) is 0 Å². The van der Waals surface area contributed by atoms with Crippen molar-refractivity contribution in [1.82, 2.24) is 9.97 Å². The molecule has 0 saturated heterocycles. The van der Waals surface area contributed by atoms with Crippen molar-refractivity contribution >= 4 is 11.6 Å². The number of nitriles is 1. The Balaban J connectivity index is 2.17. The molecule has 0 bridgehead atoms. The molecule has 1 aliphatic rings. The Kier molecular flexibility index (Phi) is 2.73. The van der Waals surface area contributed by atoms with Crippen LogP contribution in [0.1, 0.15) is 23.4 Å². The summed E-state index contributed by atoms with van der Waals surface area (Å²) < 4.78 is 0. The summed E-state index contributed by atoms with van der Waals surface area (Å²) in [7, 11) is 0. The van der Waals surface area contributed by atoms with Gasteiger partial charge in [0, 0.05) is 21.8 Å². The molecule has 1 aromatic carbocycles. The number of hydrogen-bond donors (Lipinski definition) is 0. The van der Waals surface area contributed by atoms with Gasteiger partial charge in [0.1, 0.15) is 11.8 Å². The molecule has 1 aromatic heterocycles. The van der Waals surface area contributed by atoms with Crippen LogP contribution in [0.15, 0.2) is 24.3 Å². The van der Waals surface area contributed by atoms with E-state index in [1.165, 1.54) is 0 Å². The van der Waals surface area contributed by atoms with Gasteiger partial charge < -0.3 is 0 Å². The third kappa shape index (κ3) is 1.85. The van der Waals surface area contributed by atoms with Crippen molar-refractivity contribution in [2.24, 2.45) is 0 Å². The number of aromatic nitrogens is 2. The van der Waals surface area contributed by atoms with Crippen molar-refractivity contribution in [2.45, 2.75) is 19.3 Å². The van der Waals surface area contributed by atoms with Crippen molar-refractivity contribution in [3.8, 4) is 17.5 Å². The van der Waals surface area contributed by atoms with Gasteiger partial charge in [-0.2, -0.15) is 5.26 Å². The lowest BCUT2D eigenvalue weighted by Crippen LogP contribution is -2.00. The lowest BCUT2D eigenvalue weighted by Gasteiger charge is -2.05. The van der Waals surface area contributed by atoms with Crippen LogP contribution in [0.3, 0.4) is 0 Å². The Bertz CT molecular complexity index is 659. The van der Waals surface area contributed by atoms with Gasteiger partial charge in [-0.05, 0) is 31.4 Å². The first kappa shape index (κ1) is 11.2. The molecule has 1 aliphatic carbocycles. The van der Waals surface area contributed by atoms with Crippen LogP contribution in [0.5, 0.6) is 0 Å². The van der Waals surface area contributed by atoms with Gasteiger partial charge >= 0.3 is 0 Å². The molecular weight excluding hydrogens is 246 g/mol. The van der Waals surface area contributed by atoms with E-state index in [-0.39, 0.29) is 0 Å². The largest absolute Gasteiger partial charge is 0.233 e. The second-order valence-corrected chi connectivity index (χ2v) is 4.73. The van der Waals surface area contributed by atoms with Gasteiger partial charge in [-0.25, -0.2) is 9.97 Å². The normalized spacial score (nSPS) is 13.1. The molecule has 0 atom stereocenters. The molecule has 0 unspecified atom stereocenters. The molecule has 0 spiro atoms. The molecular formula is C14H10ClN3. The standard InChI is InChI=1S/C14H10ClN3/c15-10-4-1-3-9(7-10)14-17-12-6-2-5-11(12)13(8-16)18-14/h1,3-4,7H,2,5-6H2. The molecule has 0 radical (unpaired) electrons. The van der Waals surface area contributed by atoms with Crippen LogP contribution >= 0.6 is 11.6 Å². The SMILES string of the molecule is N#Cc1nc(-c2cccc(Cl)c2)nc2c1CCC2. The number of hydrogen-bond acceptors (Lipinski definition) is 3. The number of benzene rings is 1. The quantitative estimate of drug-likeness (QED) is 0.786. The number of nitrogens with zero attached hydrogens (tertiary/aromatic N) is 3. The Labute approximate surface area is 110 Å². The van der Waals surface area contributed by atoms with E-state index in [9.17, 15) is 0 Å². The summed E-state index contributed by atoms with van der Waals surface area (Å²) in [6, 6.07) is 9.56. The predicted molar refractivity (Wildman–Crippen MR) is 69.2 cm³/mol. The van der Waals surface area contributed by atoms with E-state index in [1.54, 1.807) is 0 Å². The van der Waals surface area contributed by atoms with E-state index in [0.29, 0.717) is 16.5 Å². The molecule has 0 N–H and O–H groups in total. The fourth-order valence-corrected chi connectivity index (χ4v) is 2.47. The summed E-state index contributed by atoms with van der Waals surface area (Å²) in [5.74, 6) is 0.592. The first-order valence-corrected chi connectivity index (χ1v) is 6.21. The van der Waals surface area contributed by atoms with E-state index in [1.807, 2.05) is 24.3 Å². The highest BCUT2D eigenvalue weighted by Crippen LogP contribution is 2.26. The van der Waals surface area contributed by atoms with Gasteiger partial charge in [0.25, 0.3) is 0 Å². The molecule has 0 saturated carbocycles. The van der Waals surface area contributed by atoms with Crippen LogP contribution < -0.4 is 0 Å². The number of aryl methyl sites for hydroxylation is 1. The van der Waals surface area contributed by atoms with Crippen LogP contribution in [0, 0.1) is 11.3 Å². The van der Waals surface area contributed by atoms with E-state index in [4.69, 9.17) is 16.9 Å². The molecule has 1 heterocycles. The molecule has 3 rings (SSSR count). The van der Waals surface area contributed by atoms with E-state index in [0.717, 1.165) is 36.1 Å². The molecule has 0 aliphatic heterocycles. The van der Waals surface area contributed by atoms with Crippen LogP contribution in [0.25, 0.3) is 11.4 Å². The van der Waals surface area contributed by atoms with Crippen LogP contribution in [0.2, 0.25) is 5.02 Å². The minimum Gasteiger partial charge on any atom is -0.233 e. The van der Waals surface area contributed by atoms with Gasteiger partial charge in [-0.1, -0.05) is 23.7 Å². The fourth-order valence-electron chi connectivity index (χ4n) is 2.28. The maximum absolute atomic E-state index is 9.16. The van der Waals surface area contributed by atoms with Gasteiger partial charge in [-0.3, -0.25) is 0 Å². The lowest BCUT2D eigenvalue weighted by molar-refractivity contribution is 0.899. The average Bonchev–Trinajstić information content (AvgIpc) is 2.85. The highest BCUT2D eigenvalue weighted by molar-refractivity contribution is 6.30. The topological polar surface area (TPSA) is 49.6 Å². The minimum atomic E-state index is 0.507. The van der Waals surface area contributed by atoms with Crippen molar-refractivity contribution in [3.05, 3.63) is 46.2 Å². The Morgan fingerprint density at radius 3 is 2.89 bits per heavy atom. The van der Waals surface area contributed by atoms with Gasteiger partial charge in [-0.15, -0.1) is 0 Å². The summed E-state index contributed by atoms with van der Waals surface area (Å²) in [6.45, 7) is 0. The molecule has 3 nitrogen and oxygen atoms in total. The first-order valence-electron chi connectivity index (χ1n) is 5.84. The summed E-state index contributed by atoms with van der Waals surface area (Å²) in [6.07, 6.45) is 2.89. The zero-order chi connectivity index (χ0) is 12.5. The monoisotopic (exact) mass is 255 g/mol. The molecule has 0 fully saturated rings. The fraction of sp³-hybridized carbons (Fsp3) is 0.214. The second kappa shape index (κ2) is 4.40. The van der Waals surface area contributed by atoms with Crippen LogP contribution in [0.4, 0.5) is 0 Å². The predicted octanol–water partition coefficient (Wildman–Crippen LogP) is 3.16. The summed E-state index contributed by atoms with van der Waals surface area (Å²) in [4.78, 5) is 8.90. The third-order valence-electron chi connectivity index (χ3n) is 3.12. The summed E-state index contributed by atoms with van der Waals surface area (Å²) in [5, 5.41) is 9.81. The molecule has 18 heavy (non-hydrogen) atoms. The second-order valence-electron chi connectivity index (χ2n) is 4.30. The molecule has 4 heteroatoms. The minimum absolute atomic E-state index is 0.507. The average molecular weight is 256 g/mol. The van der Waals surface area contributed by atoms with Crippen molar-refractivity contribution in [3.63, 3.8) is 0 Å². The maximum Gasteiger partial charge on any atom is 0.160 e. The van der Waals surface area contributed by atoms with E-state index in [2.05, 4.69) is 16.0 Å². The highest BCUT2D eigenvalue weighted by atomic mass is 35.5. The summed E-state index contributed by atoms with van der Waals surface area (Å²) in [5.41, 5.74) is 3.39. The van der Waals surface area contributed by atoms with Crippen molar-refractivity contribution < 1.29 is 0 Å². The van der Waals surface area contributed by atoms with Gasteiger partial charge in [0.05, 0.1) is 0 Å². The van der Waals surface area contributed by atoms with Crippen molar-refractivity contribution in [2.75, 3.05) is 0 Å². The number of rotatable bonds is 1. The molecule has 2 aromatic rings. The lowest BCUT2D eigenvalue weighted by atomic mass is 10.1.